The second-order valence-electron chi connectivity index (χ2n) is 8.67. The van der Waals surface area contributed by atoms with Crippen LogP contribution < -0.4 is 10.2 Å². The Kier molecular flexibility index (Phi) is 7.71. The van der Waals surface area contributed by atoms with Crippen LogP contribution in [0.15, 0.2) is 53.6 Å². The molecule has 4 rings (SSSR count). The minimum atomic E-state index is -0.320. The van der Waals surface area contributed by atoms with Crippen LogP contribution in [-0.4, -0.2) is 38.1 Å². The highest BCUT2D eigenvalue weighted by Gasteiger charge is 2.24. The van der Waals surface area contributed by atoms with Gasteiger partial charge in [0.1, 0.15) is 0 Å². The molecule has 0 bridgehead atoms. The first-order chi connectivity index (χ1) is 16.0. The quantitative estimate of drug-likeness (QED) is 0.428. The number of halogens is 1. The van der Waals surface area contributed by atoms with Crippen molar-refractivity contribution in [1.82, 2.24) is 5.32 Å². The average molecular weight is 467 g/mol. The van der Waals surface area contributed by atoms with Gasteiger partial charge in [0.2, 0.25) is 0 Å². The van der Waals surface area contributed by atoms with Crippen LogP contribution in [0.5, 0.6) is 0 Å². The van der Waals surface area contributed by atoms with E-state index in [0.29, 0.717) is 35.7 Å². The van der Waals surface area contributed by atoms with Crippen LogP contribution in [0.25, 0.3) is 0 Å². The number of nitrogens with one attached hydrogen (secondary N) is 1. The lowest BCUT2D eigenvalue weighted by Crippen LogP contribution is -2.35. The van der Waals surface area contributed by atoms with Gasteiger partial charge < -0.3 is 15.0 Å². The van der Waals surface area contributed by atoms with Crippen LogP contribution in [0.4, 0.5) is 5.69 Å². The molecule has 33 heavy (non-hydrogen) atoms. The highest BCUT2D eigenvalue weighted by Crippen LogP contribution is 2.34. The van der Waals surface area contributed by atoms with Crippen LogP contribution in [0.2, 0.25) is 5.02 Å². The van der Waals surface area contributed by atoms with Crippen molar-refractivity contribution in [3.8, 4) is 0 Å². The second-order valence-corrected chi connectivity index (χ2v) is 9.11. The molecule has 1 aliphatic carbocycles. The summed E-state index contributed by atoms with van der Waals surface area (Å²) >= 11 is 6.26. The maximum Gasteiger partial charge on any atom is 0.338 e. The second kappa shape index (κ2) is 10.9. The fourth-order valence-electron chi connectivity index (χ4n) is 4.71. The number of hydrogen-bond donors (Lipinski definition) is 1. The Balaban J connectivity index is 1.39. The normalized spacial score (nSPS) is 15.8. The SMILES string of the molecule is CCOC(=O)c1ccc(CCNC(=O)c2cc(Cl)ccc2N2CCC3=C(CCCC3)C2)cc1. The maximum atomic E-state index is 13.1. The molecule has 1 N–H and O–H groups in total. The molecule has 1 amide bonds. The van der Waals surface area contributed by atoms with Crippen LogP contribution in [0, 0.1) is 0 Å². The Hall–Kier alpha value is -2.79. The zero-order valence-electron chi connectivity index (χ0n) is 19.2. The molecule has 0 aromatic heterocycles. The van der Waals surface area contributed by atoms with Crippen molar-refractivity contribution < 1.29 is 14.3 Å². The molecule has 0 atom stereocenters. The molecule has 2 aromatic carbocycles. The number of hydrogen-bond acceptors (Lipinski definition) is 4. The van der Waals surface area contributed by atoms with Gasteiger partial charge in [0.05, 0.1) is 17.7 Å². The highest BCUT2D eigenvalue weighted by molar-refractivity contribution is 6.31. The third kappa shape index (κ3) is 5.77. The fourth-order valence-corrected chi connectivity index (χ4v) is 4.88. The zero-order valence-corrected chi connectivity index (χ0v) is 19.9. The molecule has 1 heterocycles. The lowest BCUT2D eigenvalue weighted by molar-refractivity contribution is 0.0526. The number of amides is 1. The van der Waals surface area contributed by atoms with E-state index in [1.165, 1.54) is 25.7 Å². The smallest absolute Gasteiger partial charge is 0.338 e. The van der Waals surface area contributed by atoms with E-state index >= 15 is 0 Å². The van der Waals surface area contributed by atoms with E-state index in [0.717, 1.165) is 30.8 Å². The first-order valence-electron chi connectivity index (χ1n) is 11.8. The van der Waals surface area contributed by atoms with E-state index in [1.807, 2.05) is 24.3 Å². The summed E-state index contributed by atoms with van der Waals surface area (Å²) in [6.07, 6.45) is 6.74. The first kappa shape index (κ1) is 23.4. The van der Waals surface area contributed by atoms with Gasteiger partial charge in [0, 0.05) is 30.3 Å². The van der Waals surface area contributed by atoms with Crippen molar-refractivity contribution >= 4 is 29.2 Å². The van der Waals surface area contributed by atoms with Crippen molar-refractivity contribution in [2.75, 3.05) is 31.1 Å². The summed E-state index contributed by atoms with van der Waals surface area (Å²) in [4.78, 5) is 27.2. The third-order valence-corrected chi connectivity index (χ3v) is 6.72. The summed E-state index contributed by atoms with van der Waals surface area (Å²) < 4.78 is 5.02. The van der Waals surface area contributed by atoms with Gasteiger partial charge in [-0.05, 0) is 81.3 Å². The minimum absolute atomic E-state index is 0.112. The molecule has 0 fully saturated rings. The zero-order chi connectivity index (χ0) is 23.2. The number of benzene rings is 2. The largest absolute Gasteiger partial charge is 0.462 e. The molecule has 2 aliphatic rings. The van der Waals surface area contributed by atoms with Gasteiger partial charge in [-0.3, -0.25) is 4.79 Å². The van der Waals surface area contributed by atoms with E-state index in [9.17, 15) is 9.59 Å². The molecular formula is C27H31ClN2O3. The molecule has 0 saturated heterocycles. The van der Waals surface area contributed by atoms with Crippen LogP contribution in [0.3, 0.4) is 0 Å². The highest BCUT2D eigenvalue weighted by atomic mass is 35.5. The molecule has 0 saturated carbocycles. The fraction of sp³-hybridized carbons (Fsp3) is 0.407. The number of anilines is 1. The lowest BCUT2D eigenvalue weighted by atomic mass is 9.87. The monoisotopic (exact) mass is 466 g/mol. The van der Waals surface area contributed by atoms with E-state index in [1.54, 1.807) is 36.3 Å². The van der Waals surface area contributed by atoms with Crippen LogP contribution in [0.1, 0.15) is 65.3 Å². The molecule has 1 aliphatic heterocycles. The van der Waals surface area contributed by atoms with Gasteiger partial charge in [-0.1, -0.05) is 34.9 Å². The van der Waals surface area contributed by atoms with E-state index in [-0.39, 0.29) is 11.9 Å². The number of rotatable bonds is 7. The van der Waals surface area contributed by atoms with Crippen molar-refractivity contribution in [3.63, 3.8) is 0 Å². The summed E-state index contributed by atoms with van der Waals surface area (Å²) in [6.45, 7) is 4.49. The Morgan fingerprint density at radius 2 is 1.79 bits per heavy atom. The summed E-state index contributed by atoms with van der Waals surface area (Å²) in [6, 6.07) is 12.9. The summed E-state index contributed by atoms with van der Waals surface area (Å²) in [7, 11) is 0. The summed E-state index contributed by atoms with van der Waals surface area (Å²) in [5.41, 5.74) is 6.34. The van der Waals surface area contributed by atoms with Crippen LogP contribution >= 0.6 is 11.6 Å². The average Bonchev–Trinajstić information content (AvgIpc) is 2.84. The van der Waals surface area contributed by atoms with Gasteiger partial charge in [-0.25, -0.2) is 4.79 Å². The van der Waals surface area contributed by atoms with E-state index in [2.05, 4.69) is 10.2 Å². The summed E-state index contributed by atoms with van der Waals surface area (Å²) in [5, 5.41) is 3.60. The molecule has 5 nitrogen and oxygen atoms in total. The van der Waals surface area contributed by atoms with Gasteiger partial charge in [0.15, 0.2) is 0 Å². The van der Waals surface area contributed by atoms with Gasteiger partial charge in [-0.15, -0.1) is 0 Å². The number of nitrogens with zero attached hydrogens (tertiary/aromatic N) is 1. The molecular weight excluding hydrogens is 436 g/mol. The van der Waals surface area contributed by atoms with Crippen molar-refractivity contribution in [2.24, 2.45) is 0 Å². The van der Waals surface area contributed by atoms with Crippen molar-refractivity contribution in [1.29, 1.82) is 0 Å². The van der Waals surface area contributed by atoms with Gasteiger partial charge in [0.25, 0.3) is 5.91 Å². The minimum Gasteiger partial charge on any atom is -0.462 e. The molecule has 0 unspecified atom stereocenters. The van der Waals surface area contributed by atoms with Gasteiger partial charge in [-0.2, -0.15) is 0 Å². The van der Waals surface area contributed by atoms with Crippen molar-refractivity contribution in [2.45, 2.75) is 45.4 Å². The topological polar surface area (TPSA) is 58.6 Å². The van der Waals surface area contributed by atoms with Crippen molar-refractivity contribution in [3.05, 3.63) is 75.3 Å². The molecule has 0 spiro atoms. The Morgan fingerprint density at radius 1 is 1.03 bits per heavy atom. The molecule has 2 aromatic rings. The Labute approximate surface area is 200 Å². The standard InChI is InChI=1S/C27H31ClN2O3/c1-2-33-27(32)21-9-7-19(8-10-21)13-15-29-26(31)24-17-23(28)11-12-25(24)30-16-14-20-5-3-4-6-22(20)18-30/h7-12,17H,2-6,13-16,18H2,1H3,(H,29,31). The molecule has 174 valence electrons. The van der Waals surface area contributed by atoms with E-state index in [4.69, 9.17) is 16.3 Å². The predicted molar refractivity (Wildman–Crippen MR) is 132 cm³/mol. The number of carbonyl (C=O) groups excluding carboxylic acids is 2. The Morgan fingerprint density at radius 3 is 2.55 bits per heavy atom. The third-order valence-electron chi connectivity index (χ3n) is 6.48. The molecule has 6 heteroatoms. The number of esters is 1. The number of carbonyl (C=O) groups is 2. The van der Waals surface area contributed by atoms with Crippen LogP contribution in [-0.2, 0) is 11.2 Å². The first-order valence-corrected chi connectivity index (χ1v) is 12.2. The van der Waals surface area contributed by atoms with E-state index < -0.39 is 0 Å². The maximum absolute atomic E-state index is 13.1. The Bertz CT molecular complexity index is 1050. The van der Waals surface area contributed by atoms with Gasteiger partial charge >= 0.3 is 5.97 Å². The number of ether oxygens (including phenoxy) is 1. The summed E-state index contributed by atoms with van der Waals surface area (Å²) in [5.74, 6) is -0.432. The lowest BCUT2D eigenvalue weighted by Gasteiger charge is -2.35. The predicted octanol–water partition coefficient (Wildman–Crippen LogP) is 5.57. The molecule has 0 radical (unpaired) electrons.